The maximum Gasteiger partial charge on any atom is 0.0669 e. The number of benzene rings is 1. The molecule has 3 N–H and O–H groups in total. The molecule has 0 aromatic heterocycles. The van der Waals surface area contributed by atoms with Gasteiger partial charge in [0.2, 0.25) is 0 Å². The quantitative estimate of drug-likeness (QED) is 0.855. The van der Waals surface area contributed by atoms with E-state index >= 15 is 0 Å². The Kier molecular flexibility index (Phi) is 4.36. The van der Waals surface area contributed by atoms with Gasteiger partial charge in [0.05, 0.1) is 6.10 Å². The van der Waals surface area contributed by atoms with Crippen LogP contribution in [0.5, 0.6) is 0 Å². The van der Waals surface area contributed by atoms with Crippen LogP contribution in [-0.2, 0) is 0 Å². The zero-order chi connectivity index (χ0) is 12.3. The first-order valence-electron chi connectivity index (χ1n) is 5.50. The van der Waals surface area contributed by atoms with Crippen LogP contribution in [0, 0.1) is 5.41 Å². The Morgan fingerprint density at radius 1 is 1.31 bits per heavy atom. The van der Waals surface area contributed by atoms with E-state index in [1.54, 1.807) is 0 Å². The lowest BCUT2D eigenvalue weighted by Gasteiger charge is -2.33. The lowest BCUT2D eigenvalue weighted by atomic mass is 9.78. The molecule has 0 spiro atoms. The zero-order valence-corrected chi connectivity index (χ0v) is 10.8. The standard InChI is InChI=1S/C13H20ClNO/c1-13(2,3)12(16)10(8-15)9-6-4-5-7-11(9)14/h4-7,10,12,16H,8,15H2,1-3H3. The molecule has 3 heteroatoms. The van der Waals surface area contributed by atoms with Gasteiger partial charge in [-0.1, -0.05) is 50.6 Å². The van der Waals surface area contributed by atoms with E-state index in [1.807, 2.05) is 45.0 Å². The van der Waals surface area contributed by atoms with Gasteiger partial charge in [0.1, 0.15) is 0 Å². The second-order valence-corrected chi connectivity index (χ2v) is 5.58. The van der Waals surface area contributed by atoms with Crippen molar-refractivity contribution in [2.45, 2.75) is 32.8 Å². The molecule has 1 rings (SSSR count). The number of aliphatic hydroxyl groups excluding tert-OH is 1. The van der Waals surface area contributed by atoms with E-state index in [-0.39, 0.29) is 11.3 Å². The van der Waals surface area contributed by atoms with Crippen LogP contribution >= 0.6 is 11.6 Å². The topological polar surface area (TPSA) is 46.2 Å². The molecule has 1 aromatic carbocycles. The maximum absolute atomic E-state index is 10.3. The third-order valence-corrected chi connectivity index (χ3v) is 3.17. The first kappa shape index (κ1) is 13.5. The van der Waals surface area contributed by atoms with Crippen LogP contribution in [0.25, 0.3) is 0 Å². The molecule has 0 bridgehead atoms. The van der Waals surface area contributed by atoms with E-state index in [1.165, 1.54) is 0 Å². The van der Waals surface area contributed by atoms with E-state index in [2.05, 4.69) is 0 Å². The Labute approximate surface area is 102 Å². The first-order chi connectivity index (χ1) is 7.38. The van der Waals surface area contributed by atoms with Crippen LogP contribution < -0.4 is 5.73 Å². The van der Waals surface area contributed by atoms with Gasteiger partial charge in [-0.05, 0) is 17.0 Å². The van der Waals surface area contributed by atoms with Gasteiger partial charge in [-0.15, -0.1) is 0 Å². The summed E-state index contributed by atoms with van der Waals surface area (Å²) in [6.07, 6.45) is -0.502. The summed E-state index contributed by atoms with van der Waals surface area (Å²) in [7, 11) is 0. The minimum atomic E-state index is -0.502. The Morgan fingerprint density at radius 2 is 1.88 bits per heavy atom. The molecule has 0 heterocycles. The van der Waals surface area contributed by atoms with Crippen molar-refractivity contribution in [3.05, 3.63) is 34.9 Å². The summed E-state index contributed by atoms with van der Waals surface area (Å²) in [6, 6.07) is 7.55. The summed E-state index contributed by atoms with van der Waals surface area (Å²) in [5.41, 5.74) is 6.47. The summed E-state index contributed by atoms with van der Waals surface area (Å²) in [5, 5.41) is 11.0. The van der Waals surface area contributed by atoms with Crippen molar-refractivity contribution >= 4 is 11.6 Å². The van der Waals surface area contributed by atoms with Crippen molar-refractivity contribution < 1.29 is 5.11 Å². The number of hydrogen-bond donors (Lipinski definition) is 2. The molecule has 0 fully saturated rings. The lowest BCUT2D eigenvalue weighted by Crippen LogP contribution is -2.36. The fraction of sp³-hybridized carbons (Fsp3) is 0.538. The van der Waals surface area contributed by atoms with E-state index in [9.17, 15) is 5.11 Å². The molecular formula is C13H20ClNO. The van der Waals surface area contributed by atoms with Crippen LogP contribution in [-0.4, -0.2) is 17.8 Å². The van der Waals surface area contributed by atoms with Crippen LogP contribution in [0.3, 0.4) is 0 Å². The van der Waals surface area contributed by atoms with Gasteiger partial charge in [-0.3, -0.25) is 0 Å². The van der Waals surface area contributed by atoms with Crippen molar-refractivity contribution in [2.75, 3.05) is 6.54 Å². The fourth-order valence-corrected chi connectivity index (χ4v) is 2.08. The van der Waals surface area contributed by atoms with Gasteiger partial charge >= 0.3 is 0 Å². The summed E-state index contributed by atoms with van der Waals surface area (Å²) in [6.45, 7) is 6.38. The second kappa shape index (κ2) is 5.17. The molecule has 2 unspecified atom stereocenters. The second-order valence-electron chi connectivity index (χ2n) is 5.17. The molecule has 0 aliphatic rings. The zero-order valence-electron chi connectivity index (χ0n) is 10.1. The SMILES string of the molecule is CC(C)(C)C(O)C(CN)c1ccccc1Cl. The number of aliphatic hydroxyl groups is 1. The van der Waals surface area contributed by atoms with Crippen molar-refractivity contribution in [3.8, 4) is 0 Å². The lowest BCUT2D eigenvalue weighted by molar-refractivity contribution is 0.0408. The number of nitrogens with two attached hydrogens (primary N) is 1. The van der Waals surface area contributed by atoms with E-state index < -0.39 is 6.10 Å². The van der Waals surface area contributed by atoms with Gasteiger partial charge < -0.3 is 10.8 Å². The van der Waals surface area contributed by atoms with E-state index in [4.69, 9.17) is 17.3 Å². The average Bonchev–Trinajstić information content (AvgIpc) is 2.20. The van der Waals surface area contributed by atoms with Crippen LogP contribution in [0.4, 0.5) is 0 Å². The molecule has 0 aliphatic heterocycles. The molecule has 0 aliphatic carbocycles. The highest BCUT2D eigenvalue weighted by molar-refractivity contribution is 6.31. The van der Waals surface area contributed by atoms with E-state index in [0.29, 0.717) is 11.6 Å². The third kappa shape index (κ3) is 2.97. The molecule has 0 saturated heterocycles. The largest absolute Gasteiger partial charge is 0.392 e. The van der Waals surface area contributed by atoms with Gasteiger partial charge in [-0.2, -0.15) is 0 Å². The third-order valence-electron chi connectivity index (χ3n) is 2.83. The molecule has 0 radical (unpaired) electrons. The Bertz CT molecular complexity index is 346. The molecule has 16 heavy (non-hydrogen) atoms. The van der Waals surface area contributed by atoms with Crippen LogP contribution in [0.1, 0.15) is 32.3 Å². The summed E-state index contributed by atoms with van der Waals surface area (Å²) < 4.78 is 0. The van der Waals surface area contributed by atoms with Gasteiger partial charge in [-0.25, -0.2) is 0 Å². The highest BCUT2D eigenvalue weighted by atomic mass is 35.5. The normalized spacial score (nSPS) is 15.9. The van der Waals surface area contributed by atoms with Crippen LogP contribution in [0.15, 0.2) is 24.3 Å². The molecular weight excluding hydrogens is 222 g/mol. The molecule has 1 aromatic rings. The van der Waals surface area contributed by atoms with Crippen molar-refractivity contribution in [1.82, 2.24) is 0 Å². The molecule has 2 atom stereocenters. The minimum absolute atomic E-state index is 0.117. The summed E-state index contributed by atoms with van der Waals surface area (Å²) in [5.74, 6) is -0.117. The Balaban J connectivity index is 3.04. The minimum Gasteiger partial charge on any atom is -0.392 e. The van der Waals surface area contributed by atoms with Gasteiger partial charge in [0.15, 0.2) is 0 Å². The summed E-state index contributed by atoms with van der Waals surface area (Å²) in [4.78, 5) is 0. The number of rotatable bonds is 3. The highest BCUT2D eigenvalue weighted by Gasteiger charge is 2.31. The number of hydrogen-bond acceptors (Lipinski definition) is 2. The van der Waals surface area contributed by atoms with Crippen molar-refractivity contribution in [1.29, 1.82) is 0 Å². The molecule has 0 amide bonds. The highest BCUT2D eigenvalue weighted by Crippen LogP contribution is 2.34. The molecule has 0 saturated carbocycles. The Hall–Kier alpha value is -0.570. The van der Waals surface area contributed by atoms with Crippen LogP contribution in [0.2, 0.25) is 5.02 Å². The predicted molar refractivity (Wildman–Crippen MR) is 68.7 cm³/mol. The van der Waals surface area contributed by atoms with E-state index in [0.717, 1.165) is 5.56 Å². The summed E-state index contributed by atoms with van der Waals surface area (Å²) >= 11 is 6.13. The maximum atomic E-state index is 10.3. The van der Waals surface area contributed by atoms with Gasteiger partial charge in [0.25, 0.3) is 0 Å². The molecule has 2 nitrogen and oxygen atoms in total. The smallest absolute Gasteiger partial charge is 0.0669 e. The number of halogens is 1. The Morgan fingerprint density at radius 3 is 2.31 bits per heavy atom. The predicted octanol–water partition coefficient (Wildman–Crippen LogP) is 2.79. The first-order valence-corrected chi connectivity index (χ1v) is 5.88. The van der Waals surface area contributed by atoms with Gasteiger partial charge in [0, 0.05) is 17.5 Å². The van der Waals surface area contributed by atoms with Crippen molar-refractivity contribution in [3.63, 3.8) is 0 Å². The monoisotopic (exact) mass is 241 g/mol. The molecule has 90 valence electrons. The van der Waals surface area contributed by atoms with Crippen molar-refractivity contribution in [2.24, 2.45) is 11.1 Å². The fourth-order valence-electron chi connectivity index (χ4n) is 1.81. The average molecular weight is 242 g/mol.